The van der Waals surface area contributed by atoms with Crippen LogP contribution in [0.5, 0.6) is 0 Å². The number of rotatable bonds is 5. The molecule has 0 bridgehead atoms. The molecule has 3 unspecified atom stereocenters. The molecule has 0 radical (unpaired) electrons. The minimum atomic E-state index is -3.04. The van der Waals surface area contributed by atoms with E-state index in [0.717, 1.165) is 12.8 Å². The van der Waals surface area contributed by atoms with E-state index in [1.165, 1.54) is 0 Å². The molecule has 0 aromatic heterocycles. The first kappa shape index (κ1) is 12.9. The molecule has 0 saturated carbocycles. The molecule has 0 aromatic carbocycles. The standard InChI is InChI=1S/C10H21NO3S/c1-8(11-3)9(2)15(12,13)7-10-5-4-6-14-10/h8-11H,4-7H2,1-3H3. The quantitative estimate of drug-likeness (QED) is 0.757. The van der Waals surface area contributed by atoms with Crippen LogP contribution >= 0.6 is 0 Å². The van der Waals surface area contributed by atoms with Crippen LogP contribution in [0.25, 0.3) is 0 Å². The lowest BCUT2D eigenvalue weighted by Crippen LogP contribution is -2.41. The molecule has 1 rings (SSSR count). The van der Waals surface area contributed by atoms with E-state index in [4.69, 9.17) is 4.74 Å². The number of hydrogen-bond acceptors (Lipinski definition) is 4. The highest BCUT2D eigenvalue weighted by molar-refractivity contribution is 7.92. The predicted molar refractivity (Wildman–Crippen MR) is 60.7 cm³/mol. The summed E-state index contributed by atoms with van der Waals surface area (Å²) < 4.78 is 29.3. The molecule has 5 heteroatoms. The van der Waals surface area contributed by atoms with E-state index in [1.54, 1.807) is 14.0 Å². The van der Waals surface area contributed by atoms with E-state index in [1.807, 2.05) is 6.92 Å². The molecule has 1 heterocycles. The summed E-state index contributed by atoms with van der Waals surface area (Å²) in [6.07, 6.45) is 1.78. The Bertz CT molecular complexity index is 283. The predicted octanol–water partition coefficient (Wildman–Crippen LogP) is 0.577. The fourth-order valence-corrected chi connectivity index (χ4v) is 3.58. The second kappa shape index (κ2) is 5.27. The summed E-state index contributed by atoms with van der Waals surface area (Å²) in [7, 11) is -1.26. The Morgan fingerprint density at radius 2 is 2.13 bits per heavy atom. The Morgan fingerprint density at radius 3 is 2.60 bits per heavy atom. The number of nitrogens with one attached hydrogen (secondary N) is 1. The van der Waals surface area contributed by atoms with Gasteiger partial charge in [0.05, 0.1) is 17.1 Å². The zero-order chi connectivity index (χ0) is 11.5. The van der Waals surface area contributed by atoms with Crippen molar-refractivity contribution in [1.29, 1.82) is 0 Å². The monoisotopic (exact) mass is 235 g/mol. The average molecular weight is 235 g/mol. The van der Waals surface area contributed by atoms with Gasteiger partial charge in [0.2, 0.25) is 0 Å². The molecular formula is C10H21NO3S. The molecule has 1 aliphatic heterocycles. The second-order valence-corrected chi connectivity index (χ2v) is 6.65. The van der Waals surface area contributed by atoms with Gasteiger partial charge in [0.1, 0.15) is 0 Å². The minimum Gasteiger partial charge on any atom is -0.377 e. The Kier molecular flexibility index (Phi) is 4.55. The zero-order valence-corrected chi connectivity index (χ0v) is 10.5. The van der Waals surface area contributed by atoms with Crippen molar-refractivity contribution in [1.82, 2.24) is 5.32 Å². The third-order valence-electron chi connectivity index (χ3n) is 3.17. The van der Waals surface area contributed by atoms with Crippen molar-refractivity contribution in [3.63, 3.8) is 0 Å². The molecule has 1 aliphatic rings. The Balaban J connectivity index is 2.57. The van der Waals surface area contributed by atoms with E-state index in [-0.39, 0.29) is 23.1 Å². The maximum atomic E-state index is 12.0. The summed E-state index contributed by atoms with van der Waals surface area (Å²) in [6, 6.07) is -0.0172. The molecule has 90 valence electrons. The third kappa shape index (κ3) is 3.43. The van der Waals surface area contributed by atoms with Crippen molar-refractivity contribution < 1.29 is 13.2 Å². The number of ether oxygens (including phenoxy) is 1. The van der Waals surface area contributed by atoms with Crippen molar-refractivity contribution in [2.75, 3.05) is 19.4 Å². The van der Waals surface area contributed by atoms with Crippen molar-refractivity contribution in [3.8, 4) is 0 Å². The maximum Gasteiger partial charge on any atom is 0.156 e. The van der Waals surface area contributed by atoms with Gasteiger partial charge in [0.25, 0.3) is 0 Å². The molecule has 0 spiro atoms. The van der Waals surface area contributed by atoms with Gasteiger partial charge in [-0.2, -0.15) is 0 Å². The average Bonchev–Trinajstić information content (AvgIpc) is 2.67. The lowest BCUT2D eigenvalue weighted by atomic mass is 10.2. The largest absolute Gasteiger partial charge is 0.377 e. The van der Waals surface area contributed by atoms with Gasteiger partial charge in [0.15, 0.2) is 9.84 Å². The lowest BCUT2D eigenvalue weighted by molar-refractivity contribution is 0.127. The summed E-state index contributed by atoms with van der Waals surface area (Å²) in [6.45, 7) is 4.35. The number of sulfone groups is 1. The molecule has 1 N–H and O–H groups in total. The lowest BCUT2D eigenvalue weighted by Gasteiger charge is -2.21. The highest BCUT2D eigenvalue weighted by atomic mass is 32.2. The van der Waals surface area contributed by atoms with E-state index in [0.29, 0.717) is 6.61 Å². The van der Waals surface area contributed by atoms with Gasteiger partial charge in [-0.1, -0.05) is 0 Å². The molecule has 15 heavy (non-hydrogen) atoms. The van der Waals surface area contributed by atoms with E-state index in [2.05, 4.69) is 5.32 Å². The summed E-state index contributed by atoms with van der Waals surface area (Å²) in [5.74, 6) is 0.167. The van der Waals surface area contributed by atoms with Gasteiger partial charge < -0.3 is 10.1 Å². The normalized spacial score (nSPS) is 26.5. The van der Waals surface area contributed by atoms with Crippen LogP contribution in [-0.4, -0.2) is 45.2 Å². The summed E-state index contributed by atoms with van der Waals surface area (Å²) in [5.41, 5.74) is 0. The maximum absolute atomic E-state index is 12.0. The molecule has 3 atom stereocenters. The van der Waals surface area contributed by atoms with E-state index >= 15 is 0 Å². The van der Waals surface area contributed by atoms with Crippen molar-refractivity contribution in [2.45, 2.75) is 44.1 Å². The van der Waals surface area contributed by atoms with Crippen LogP contribution in [0.1, 0.15) is 26.7 Å². The molecule has 0 amide bonds. The van der Waals surface area contributed by atoms with E-state index in [9.17, 15) is 8.42 Å². The van der Waals surface area contributed by atoms with Crippen molar-refractivity contribution >= 4 is 9.84 Å². The van der Waals surface area contributed by atoms with Crippen LogP contribution in [0.4, 0.5) is 0 Å². The first-order valence-corrected chi connectivity index (χ1v) is 7.19. The molecule has 4 nitrogen and oxygen atoms in total. The topological polar surface area (TPSA) is 55.4 Å². The van der Waals surface area contributed by atoms with Gasteiger partial charge in [-0.3, -0.25) is 0 Å². The van der Waals surface area contributed by atoms with Gasteiger partial charge in [-0.25, -0.2) is 8.42 Å². The van der Waals surface area contributed by atoms with Crippen LogP contribution in [0.15, 0.2) is 0 Å². The molecule has 1 saturated heterocycles. The van der Waals surface area contributed by atoms with Crippen LogP contribution in [-0.2, 0) is 14.6 Å². The van der Waals surface area contributed by atoms with Crippen LogP contribution < -0.4 is 5.32 Å². The molecular weight excluding hydrogens is 214 g/mol. The fraction of sp³-hybridized carbons (Fsp3) is 1.00. The number of hydrogen-bond donors (Lipinski definition) is 1. The van der Waals surface area contributed by atoms with Gasteiger partial charge in [-0.15, -0.1) is 0 Å². The summed E-state index contributed by atoms with van der Waals surface area (Å²) >= 11 is 0. The molecule has 0 aliphatic carbocycles. The van der Waals surface area contributed by atoms with Crippen LogP contribution in [0.3, 0.4) is 0 Å². The first-order chi connectivity index (χ1) is 6.97. The Labute approximate surface area is 92.3 Å². The Morgan fingerprint density at radius 1 is 1.47 bits per heavy atom. The zero-order valence-electron chi connectivity index (χ0n) is 9.69. The van der Waals surface area contributed by atoms with Crippen molar-refractivity contribution in [3.05, 3.63) is 0 Å². The van der Waals surface area contributed by atoms with Gasteiger partial charge in [0, 0.05) is 12.6 Å². The molecule has 1 fully saturated rings. The molecule has 0 aromatic rings. The SMILES string of the molecule is CNC(C)C(C)S(=O)(=O)CC1CCCO1. The summed E-state index contributed by atoms with van der Waals surface area (Å²) in [5, 5.41) is 2.62. The van der Waals surface area contributed by atoms with Crippen LogP contribution in [0, 0.1) is 0 Å². The fourth-order valence-electron chi connectivity index (χ4n) is 1.73. The highest BCUT2D eigenvalue weighted by Gasteiger charge is 2.30. The second-order valence-electron chi connectivity index (χ2n) is 4.25. The smallest absolute Gasteiger partial charge is 0.156 e. The Hall–Kier alpha value is -0.130. The first-order valence-electron chi connectivity index (χ1n) is 5.48. The third-order valence-corrected chi connectivity index (χ3v) is 5.55. The van der Waals surface area contributed by atoms with Crippen molar-refractivity contribution in [2.24, 2.45) is 0 Å². The minimum absolute atomic E-state index is 0.0172. The van der Waals surface area contributed by atoms with E-state index < -0.39 is 9.84 Å². The van der Waals surface area contributed by atoms with Gasteiger partial charge in [-0.05, 0) is 33.7 Å². The summed E-state index contributed by atoms with van der Waals surface area (Å²) in [4.78, 5) is 0. The van der Waals surface area contributed by atoms with Gasteiger partial charge >= 0.3 is 0 Å². The highest BCUT2D eigenvalue weighted by Crippen LogP contribution is 2.17. The van der Waals surface area contributed by atoms with Crippen LogP contribution in [0.2, 0.25) is 0 Å².